The van der Waals surface area contributed by atoms with Gasteiger partial charge in [0.15, 0.2) is 5.82 Å². The summed E-state index contributed by atoms with van der Waals surface area (Å²) in [5.41, 5.74) is 0.955. The first-order valence-electron chi connectivity index (χ1n) is 7.67. The molecule has 4 nitrogen and oxygen atoms in total. The normalized spacial score (nSPS) is 17.4. The van der Waals surface area contributed by atoms with E-state index < -0.39 is 5.82 Å². The number of nitrogens with one attached hydrogen (secondary N) is 2. The van der Waals surface area contributed by atoms with Gasteiger partial charge in [-0.15, -0.1) is 0 Å². The van der Waals surface area contributed by atoms with E-state index in [1.54, 1.807) is 6.07 Å². The number of carbonyl (C=O) groups excluding carboxylic acids is 1. The Morgan fingerprint density at radius 1 is 1.19 bits per heavy atom. The van der Waals surface area contributed by atoms with E-state index in [4.69, 9.17) is 0 Å². The SMILES string of the molecule is O=C(NC1CCCCCCC1)c1cc2c(F)cncc2[nH]1. The monoisotopic (exact) mass is 289 g/mol. The Hall–Kier alpha value is -1.91. The number of nitrogens with zero attached hydrogens (tertiary/aromatic N) is 1. The van der Waals surface area contributed by atoms with Gasteiger partial charge in [-0.1, -0.05) is 32.1 Å². The molecule has 1 fully saturated rings. The minimum Gasteiger partial charge on any atom is -0.349 e. The lowest BCUT2D eigenvalue weighted by atomic mass is 9.96. The van der Waals surface area contributed by atoms with E-state index in [1.807, 2.05) is 0 Å². The van der Waals surface area contributed by atoms with Gasteiger partial charge in [-0.25, -0.2) is 4.39 Å². The molecule has 0 bridgehead atoms. The molecule has 0 aliphatic heterocycles. The topological polar surface area (TPSA) is 57.8 Å². The summed E-state index contributed by atoms with van der Waals surface area (Å²) in [5, 5.41) is 3.48. The molecule has 1 amide bonds. The van der Waals surface area contributed by atoms with Crippen LogP contribution in [-0.4, -0.2) is 21.9 Å². The number of pyridine rings is 1. The van der Waals surface area contributed by atoms with Crippen LogP contribution in [0, 0.1) is 5.82 Å². The average Bonchev–Trinajstić information content (AvgIpc) is 2.87. The van der Waals surface area contributed by atoms with Crippen LogP contribution in [0.4, 0.5) is 4.39 Å². The zero-order valence-corrected chi connectivity index (χ0v) is 12.0. The van der Waals surface area contributed by atoms with Crippen LogP contribution in [-0.2, 0) is 0 Å². The maximum atomic E-state index is 13.6. The first-order valence-corrected chi connectivity index (χ1v) is 7.67. The van der Waals surface area contributed by atoms with Crippen molar-refractivity contribution in [1.29, 1.82) is 0 Å². The number of hydrogen-bond donors (Lipinski definition) is 2. The summed E-state index contributed by atoms with van der Waals surface area (Å²) >= 11 is 0. The number of aromatic amines is 1. The highest BCUT2D eigenvalue weighted by molar-refractivity contribution is 5.98. The summed E-state index contributed by atoms with van der Waals surface area (Å²) < 4.78 is 13.6. The molecule has 1 aliphatic rings. The molecule has 0 atom stereocenters. The summed E-state index contributed by atoms with van der Waals surface area (Å²) in [6.07, 6.45) is 10.9. The van der Waals surface area contributed by atoms with E-state index in [1.165, 1.54) is 25.5 Å². The van der Waals surface area contributed by atoms with Gasteiger partial charge in [-0.3, -0.25) is 9.78 Å². The zero-order chi connectivity index (χ0) is 14.7. The molecule has 3 rings (SSSR count). The fourth-order valence-corrected chi connectivity index (χ4v) is 3.00. The van der Waals surface area contributed by atoms with Crippen molar-refractivity contribution in [1.82, 2.24) is 15.3 Å². The van der Waals surface area contributed by atoms with Crippen molar-refractivity contribution < 1.29 is 9.18 Å². The van der Waals surface area contributed by atoms with E-state index in [0.717, 1.165) is 31.9 Å². The van der Waals surface area contributed by atoms with Gasteiger partial charge in [0, 0.05) is 11.4 Å². The number of hydrogen-bond acceptors (Lipinski definition) is 2. The van der Waals surface area contributed by atoms with Crippen molar-refractivity contribution in [3.8, 4) is 0 Å². The molecule has 0 saturated heterocycles. The Morgan fingerprint density at radius 3 is 2.62 bits per heavy atom. The number of H-pyrrole nitrogens is 1. The number of carbonyl (C=O) groups is 1. The van der Waals surface area contributed by atoms with Crippen LogP contribution < -0.4 is 5.32 Å². The van der Waals surface area contributed by atoms with E-state index in [2.05, 4.69) is 15.3 Å². The van der Waals surface area contributed by atoms with Gasteiger partial charge in [0.2, 0.25) is 0 Å². The minimum absolute atomic E-state index is 0.156. The highest BCUT2D eigenvalue weighted by Crippen LogP contribution is 2.19. The molecule has 21 heavy (non-hydrogen) atoms. The molecule has 2 heterocycles. The number of aromatic nitrogens is 2. The molecule has 112 valence electrons. The van der Waals surface area contributed by atoms with Gasteiger partial charge in [0.25, 0.3) is 5.91 Å². The van der Waals surface area contributed by atoms with Gasteiger partial charge in [0.05, 0.1) is 17.9 Å². The van der Waals surface area contributed by atoms with Crippen LogP contribution in [0.2, 0.25) is 0 Å². The fourth-order valence-electron chi connectivity index (χ4n) is 3.00. The lowest BCUT2D eigenvalue weighted by molar-refractivity contribution is 0.0926. The first kappa shape index (κ1) is 14.0. The Labute approximate surface area is 123 Å². The molecule has 0 unspecified atom stereocenters. The Morgan fingerprint density at radius 2 is 1.90 bits per heavy atom. The van der Waals surface area contributed by atoms with Crippen LogP contribution in [0.5, 0.6) is 0 Å². The Bertz CT molecular complexity index is 629. The molecular weight excluding hydrogens is 269 g/mol. The fraction of sp³-hybridized carbons (Fsp3) is 0.500. The van der Waals surface area contributed by atoms with Gasteiger partial charge >= 0.3 is 0 Å². The average molecular weight is 289 g/mol. The lowest BCUT2D eigenvalue weighted by Crippen LogP contribution is -2.35. The highest BCUT2D eigenvalue weighted by atomic mass is 19.1. The van der Waals surface area contributed by atoms with Crippen LogP contribution in [0.1, 0.15) is 55.4 Å². The van der Waals surface area contributed by atoms with Crippen molar-refractivity contribution >= 4 is 16.8 Å². The molecule has 0 spiro atoms. The summed E-state index contributed by atoms with van der Waals surface area (Å²) in [5.74, 6) is -0.565. The van der Waals surface area contributed by atoms with Gasteiger partial charge < -0.3 is 10.3 Å². The number of fused-ring (bicyclic) bond motifs is 1. The summed E-state index contributed by atoms with van der Waals surface area (Å²) in [7, 11) is 0. The van der Waals surface area contributed by atoms with Crippen molar-refractivity contribution in [3.05, 3.63) is 30.0 Å². The van der Waals surface area contributed by atoms with Crippen LogP contribution in [0.3, 0.4) is 0 Å². The largest absolute Gasteiger partial charge is 0.349 e. The van der Waals surface area contributed by atoms with Crippen LogP contribution in [0.25, 0.3) is 10.9 Å². The number of rotatable bonds is 2. The third-order valence-electron chi connectivity index (χ3n) is 4.18. The predicted octanol–water partition coefficient (Wildman–Crippen LogP) is 3.54. The van der Waals surface area contributed by atoms with E-state index in [0.29, 0.717) is 16.6 Å². The van der Waals surface area contributed by atoms with Crippen molar-refractivity contribution in [2.75, 3.05) is 0 Å². The standard InChI is InChI=1S/C16H20FN3O/c17-13-9-18-10-15-12(13)8-14(20-15)16(21)19-11-6-4-2-1-3-5-7-11/h8-11,20H,1-7H2,(H,19,21). The summed E-state index contributed by atoms with van der Waals surface area (Å²) in [6.45, 7) is 0. The van der Waals surface area contributed by atoms with Crippen LogP contribution >= 0.6 is 0 Å². The van der Waals surface area contributed by atoms with E-state index >= 15 is 0 Å². The second-order valence-electron chi connectivity index (χ2n) is 5.78. The minimum atomic E-state index is -0.409. The Balaban J connectivity index is 1.72. The summed E-state index contributed by atoms with van der Waals surface area (Å²) in [6, 6.07) is 1.79. The molecule has 2 aromatic rings. The van der Waals surface area contributed by atoms with Crippen molar-refractivity contribution in [3.63, 3.8) is 0 Å². The Kier molecular flexibility index (Phi) is 4.18. The quantitative estimate of drug-likeness (QED) is 0.888. The molecule has 2 aromatic heterocycles. The molecule has 2 N–H and O–H groups in total. The summed E-state index contributed by atoms with van der Waals surface area (Å²) in [4.78, 5) is 19.0. The highest BCUT2D eigenvalue weighted by Gasteiger charge is 2.17. The second-order valence-corrected chi connectivity index (χ2v) is 5.78. The lowest BCUT2D eigenvalue weighted by Gasteiger charge is -2.20. The number of halogens is 1. The van der Waals surface area contributed by atoms with Crippen molar-refractivity contribution in [2.24, 2.45) is 0 Å². The van der Waals surface area contributed by atoms with Gasteiger partial charge in [-0.05, 0) is 18.9 Å². The first-order chi connectivity index (χ1) is 10.2. The van der Waals surface area contributed by atoms with E-state index in [9.17, 15) is 9.18 Å². The van der Waals surface area contributed by atoms with Crippen LogP contribution in [0.15, 0.2) is 18.5 Å². The van der Waals surface area contributed by atoms with E-state index in [-0.39, 0.29) is 11.9 Å². The molecule has 0 aromatic carbocycles. The molecule has 1 aliphatic carbocycles. The predicted molar refractivity (Wildman–Crippen MR) is 79.6 cm³/mol. The number of amides is 1. The van der Waals surface area contributed by atoms with Crippen molar-refractivity contribution in [2.45, 2.75) is 51.0 Å². The third kappa shape index (κ3) is 3.23. The molecular formula is C16H20FN3O. The molecule has 0 radical (unpaired) electrons. The smallest absolute Gasteiger partial charge is 0.267 e. The zero-order valence-electron chi connectivity index (χ0n) is 12.0. The molecule has 5 heteroatoms. The molecule has 1 saturated carbocycles. The van der Waals surface area contributed by atoms with Gasteiger partial charge in [-0.2, -0.15) is 0 Å². The maximum Gasteiger partial charge on any atom is 0.267 e. The third-order valence-corrected chi connectivity index (χ3v) is 4.18. The maximum absolute atomic E-state index is 13.6. The van der Waals surface area contributed by atoms with Gasteiger partial charge in [0.1, 0.15) is 5.69 Å². The second kappa shape index (κ2) is 6.24.